The van der Waals surface area contributed by atoms with E-state index in [-0.39, 0.29) is 23.5 Å². The Hall–Kier alpha value is -1.88. The highest BCUT2D eigenvalue weighted by Gasteiger charge is 2.30. The van der Waals surface area contributed by atoms with Gasteiger partial charge in [-0.1, -0.05) is 19.1 Å². The summed E-state index contributed by atoms with van der Waals surface area (Å²) in [6.45, 7) is 2.92. The Bertz CT molecular complexity index is 486. The van der Waals surface area contributed by atoms with Crippen LogP contribution in [0.25, 0.3) is 0 Å². The molecule has 1 amide bonds. The maximum Gasteiger partial charge on any atom is 0.335 e. The molecule has 0 aromatic heterocycles. The normalized spacial score (nSPS) is 22.2. The molecule has 0 radical (unpaired) electrons. The van der Waals surface area contributed by atoms with Crippen LogP contribution in [-0.2, 0) is 16.1 Å². The van der Waals surface area contributed by atoms with Gasteiger partial charge in [-0.15, -0.1) is 0 Å². The Morgan fingerprint density at radius 2 is 2.26 bits per heavy atom. The van der Waals surface area contributed by atoms with Gasteiger partial charge in [0.15, 0.2) is 0 Å². The smallest absolute Gasteiger partial charge is 0.335 e. The van der Waals surface area contributed by atoms with Crippen LogP contribution in [0.15, 0.2) is 24.3 Å². The van der Waals surface area contributed by atoms with Crippen LogP contribution in [0, 0.1) is 5.92 Å². The Morgan fingerprint density at radius 3 is 2.89 bits per heavy atom. The van der Waals surface area contributed by atoms with E-state index >= 15 is 0 Å². The van der Waals surface area contributed by atoms with E-state index in [1.165, 1.54) is 6.07 Å². The zero-order chi connectivity index (χ0) is 13.8. The van der Waals surface area contributed by atoms with Gasteiger partial charge in [-0.2, -0.15) is 0 Å². The van der Waals surface area contributed by atoms with Crippen LogP contribution < -0.4 is 5.32 Å². The maximum absolute atomic E-state index is 11.9. The molecule has 1 heterocycles. The fourth-order valence-electron chi connectivity index (χ4n) is 2.13. The first kappa shape index (κ1) is 13.5. The van der Waals surface area contributed by atoms with Gasteiger partial charge in [0.1, 0.15) is 6.10 Å². The summed E-state index contributed by atoms with van der Waals surface area (Å²) in [7, 11) is 0. The Labute approximate surface area is 111 Å². The number of nitrogens with one attached hydrogen (secondary N) is 1. The molecule has 1 aromatic rings. The van der Waals surface area contributed by atoms with Gasteiger partial charge in [0.25, 0.3) is 0 Å². The van der Waals surface area contributed by atoms with Crippen LogP contribution in [-0.4, -0.2) is 29.7 Å². The number of carbonyl (C=O) groups excluding carboxylic acids is 1. The molecule has 5 heteroatoms. The van der Waals surface area contributed by atoms with E-state index < -0.39 is 5.97 Å². The summed E-state index contributed by atoms with van der Waals surface area (Å²) in [5.74, 6) is -0.878. The lowest BCUT2D eigenvalue weighted by molar-refractivity contribution is -0.131. The molecule has 0 saturated carbocycles. The van der Waals surface area contributed by atoms with Crippen molar-refractivity contribution in [1.82, 2.24) is 5.32 Å². The summed E-state index contributed by atoms with van der Waals surface area (Å²) in [5.41, 5.74) is 0.983. The quantitative estimate of drug-likeness (QED) is 0.861. The van der Waals surface area contributed by atoms with Gasteiger partial charge in [-0.05, 0) is 30.0 Å². The van der Waals surface area contributed by atoms with Crippen molar-refractivity contribution in [1.29, 1.82) is 0 Å². The van der Waals surface area contributed by atoms with E-state index in [0.717, 1.165) is 12.0 Å². The first-order valence-corrected chi connectivity index (χ1v) is 6.29. The van der Waals surface area contributed by atoms with Gasteiger partial charge in [-0.3, -0.25) is 4.79 Å². The van der Waals surface area contributed by atoms with Crippen molar-refractivity contribution in [2.24, 2.45) is 5.92 Å². The van der Waals surface area contributed by atoms with Gasteiger partial charge in [0.05, 0.1) is 5.56 Å². The summed E-state index contributed by atoms with van der Waals surface area (Å²) in [4.78, 5) is 22.7. The first-order valence-electron chi connectivity index (χ1n) is 6.29. The van der Waals surface area contributed by atoms with Crippen LogP contribution in [0.3, 0.4) is 0 Å². The third kappa shape index (κ3) is 3.32. The van der Waals surface area contributed by atoms with Gasteiger partial charge in [-0.25, -0.2) is 4.79 Å². The molecule has 1 aliphatic heterocycles. The van der Waals surface area contributed by atoms with Crippen molar-refractivity contribution in [3.63, 3.8) is 0 Å². The van der Waals surface area contributed by atoms with Gasteiger partial charge >= 0.3 is 5.97 Å². The number of benzene rings is 1. The molecule has 2 unspecified atom stereocenters. The Kier molecular flexibility index (Phi) is 4.16. The number of aromatic carboxylic acids is 1. The second kappa shape index (κ2) is 5.84. The molecule has 1 fully saturated rings. The molecular weight excluding hydrogens is 246 g/mol. The fraction of sp³-hybridized carbons (Fsp3) is 0.429. The summed E-state index contributed by atoms with van der Waals surface area (Å²) < 4.78 is 5.37. The van der Waals surface area contributed by atoms with Crippen LogP contribution in [0.4, 0.5) is 0 Å². The molecule has 102 valence electrons. The zero-order valence-corrected chi connectivity index (χ0v) is 10.8. The predicted molar refractivity (Wildman–Crippen MR) is 68.8 cm³/mol. The SMILES string of the molecule is CC1CCOC1C(=O)NCc1cccc(C(=O)O)c1. The third-order valence-electron chi connectivity index (χ3n) is 3.29. The van der Waals surface area contributed by atoms with E-state index in [2.05, 4.69) is 5.32 Å². The van der Waals surface area contributed by atoms with E-state index in [4.69, 9.17) is 9.84 Å². The third-order valence-corrected chi connectivity index (χ3v) is 3.29. The second-order valence-corrected chi connectivity index (χ2v) is 4.78. The zero-order valence-electron chi connectivity index (χ0n) is 10.8. The highest BCUT2D eigenvalue weighted by molar-refractivity contribution is 5.87. The van der Waals surface area contributed by atoms with Crippen LogP contribution in [0.5, 0.6) is 0 Å². The number of carbonyl (C=O) groups is 2. The highest BCUT2D eigenvalue weighted by atomic mass is 16.5. The fourth-order valence-corrected chi connectivity index (χ4v) is 2.13. The Morgan fingerprint density at radius 1 is 1.47 bits per heavy atom. The minimum atomic E-state index is -0.971. The largest absolute Gasteiger partial charge is 0.478 e. The van der Waals surface area contributed by atoms with Crippen molar-refractivity contribution in [3.05, 3.63) is 35.4 Å². The van der Waals surface area contributed by atoms with E-state index in [9.17, 15) is 9.59 Å². The van der Waals surface area contributed by atoms with Crippen molar-refractivity contribution in [2.75, 3.05) is 6.61 Å². The summed E-state index contributed by atoms with van der Waals surface area (Å²) in [5, 5.41) is 11.7. The van der Waals surface area contributed by atoms with Crippen molar-refractivity contribution in [2.45, 2.75) is 26.0 Å². The molecule has 2 atom stereocenters. The molecule has 1 aromatic carbocycles. The molecule has 19 heavy (non-hydrogen) atoms. The number of hydrogen-bond donors (Lipinski definition) is 2. The topological polar surface area (TPSA) is 75.6 Å². The van der Waals surface area contributed by atoms with Crippen LogP contribution in [0.2, 0.25) is 0 Å². The minimum Gasteiger partial charge on any atom is -0.478 e. The van der Waals surface area contributed by atoms with E-state index in [1.807, 2.05) is 6.92 Å². The van der Waals surface area contributed by atoms with Crippen molar-refractivity contribution >= 4 is 11.9 Å². The molecule has 0 bridgehead atoms. The minimum absolute atomic E-state index is 0.134. The molecule has 5 nitrogen and oxygen atoms in total. The number of amides is 1. The number of hydrogen-bond acceptors (Lipinski definition) is 3. The van der Waals surface area contributed by atoms with E-state index in [1.54, 1.807) is 18.2 Å². The number of carboxylic acid groups (broad SMARTS) is 1. The van der Waals surface area contributed by atoms with Gasteiger partial charge in [0.2, 0.25) is 5.91 Å². The highest BCUT2D eigenvalue weighted by Crippen LogP contribution is 2.20. The standard InChI is InChI=1S/C14H17NO4/c1-9-5-6-19-12(9)13(16)15-8-10-3-2-4-11(7-10)14(17)18/h2-4,7,9,12H,5-6,8H2,1H3,(H,15,16)(H,17,18). The average Bonchev–Trinajstić information content (AvgIpc) is 2.82. The van der Waals surface area contributed by atoms with Crippen LogP contribution >= 0.6 is 0 Å². The molecular formula is C14H17NO4. The molecule has 2 N–H and O–H groups in total. The molecule has 0 aliphatic carbocycles. The summed E-state index contributed by atoms with van der Waals surface area (Å²) in [6, 6.07) is 6.53. The lowest BCUT2D eigenvalue weighted by Crippen LogP contribution is -2.36. The number of carboxylic acids is 1. The molecule has 1 aliphatic rings. The van der Waals surface area contributed by atoms with Gasteiger partial charge in [0, 0.05) is 13.2 Å². The van der Waals surface area contributed by atoms with Crippen molar-refractivity contribution in [3.8, 4) is 0 Å². The molecule has 0 spiro atoms. The molecule has 2 rings (SSSR count). The van der Waals surface area contributed by atoms with Gasteiger partial charge < -0.3 is 15.2 Å². The summed E-state index contributed by atoms with van der Waals surface area (Å²) >= 11 is 0. The van der Waals surface area contributed by atoms with Crippen molar-refractivity contribution < 1.29 is 19.4 Å². The monoisotopic (exact) mass is 263 g/mol. The lowest BCUT2D eigenvalue weighted by atomic mass is 10.0. The Balaban J connectivity index is 1.93. The first-order chi connectivity index (χ1) is 9.08. The number of rotatable bonds is 4. The predicted octanol–water partition coefficient (Wildman–Crippen LogP) is 1.43. The molecule has 1 saturated heterocycles. The number of ether oxygens (including phenoxy) is 1. The lowest BCUT2D eigenvalue weighted by Gasteiger charge is -2.14. The van der Waals surface area contributed by atoms with Crippen LogP contribution in [0.1, 0.15) is 29.3 Å². The van der Waals surface area contributed by atoms with E-state index in [0.29, 0.717) is 13.2 Å². The maximum atomic E-state index is 11.9. The summed E-state index contributed by atoms with van der Waals surface area (Å²) in [6.07, 6.45) is 0.509. The average molecular weight is 263 g/mol. The second-order valence-electron chi connectivity index (χ2n) is 4.78.